The molecule has 0 spiro atoms. The number of rotatable bonds is 2. The van der Waals surface area contributed by atoms with Gasteiger partial charge in [0.1, 0.15) is 5.60 Å². The Hall–Kier alpha value is -1.99. The van der Waals surface area contributed by atoms with Gasteiger partial charge in [-0.1, -0.05) is 11.6 Å². The van der Waals surface area contributed by atoms with E-state index in [0.717, 1.165) is 16.9 Å². The van der Waals surface area contributed by atoms with Gasteiger partial charge < -0.3 is 19.5 Å². The van der Waals surface area contributed by atoms with Gasteiger partial charge in [0.15, 0.2) is 0 Å². The molecule has 2 aromatic rings. The lowest BCUT2D eigenvalue weighted by atomic mass is 10.1. The largest absolute Gasteiger partial charge is 0.444 e. The third kappa shape index (κ3) is 4.84. The molecule has 8 heteroatoms. The molecule has 1 aliphatic rings. The van der Waals surface area contributed by atoms with Crippen molar-refractivity contribution in [3.05, 3.63) is 34.4 Å². The summed E-state index contributed by atoms with van der Waals surface area (Å²) in [6.07, 6.45) is 3.93. The molecule has 3 heterocycles. The van der Waals surface area contributed by atoms with Crippen LogP contribution in [0.25, 0.3) is 10.4 Å². The molecule has 3 rings (SSSR count). The Morgan fingerprint density at radius 2 is 1.81 bits per heavy atom. The molecular formula is C19H24ClN3O3S. The molecule has 0 saturated carbocycles. The van der Waals surface area contributed by atoms with E-state index in [0.29, 0.717) is 36.1 Å². The number of carbonyl (C=O) groups is 2. The Balaban J connectivity index is 1.69. The second-order valence-corrected chi connectivity index (χ2v) is 9.21. The topological polar surface area (TPSA) is 65.6 Å². The van der Waals surface area contributed by atoms with Crippen LogP contribution in [0.1, 0.15) is 37.6 Å². The van der Waals surface area contributed by atoms with Crippen LogP contribution < -0.4 is 0 Å². The van der Waals surface area contributed by atoms with Gasteiger partial charge in [0.25, 0.3) is 5.91 Å². The Morgan fingerprint density at radius 3 is 2.48 bits per heavy atom. The average Bonchev–Trinajstić information content (AvgIpc) is 3.15. The first-order valence-electron chi connectivity index (χ1n) is 8.94. The second kappa shape index (κ2) is 7.94. The van der Waals surface area contributed by atoms with Gasteiger partial charge in [-0.3, -0.25) is 4.79 Å². The van der Waals surface area contributed by atoms with Crippen LogP contribution in [0.15, 0.2) is 24.5 Å². The van der Waals surface area contributed by atoms with Crippen LogP contribution in [0, 0.1) is 0 Å². The van der Waals surface area contributed by atoms with E-state index in [1.807, 2.05) is 39.1 Å². The van der Waals surface area contributed by atoms with E-state index in [2.05, 4.69) is 4.98 Å². The number of carbonyl (C=O) groups excluding carboxylic acids is 2. The minimum Gasteiger partial charge on any atom is -0.444 e. The van der Waals surface area contributed by atoms with Gasteiger partial charge in [-0.25, -0.2) is 4.79 Å². The van der Waals surface area contributed by atoms with Crippen molar-refractivity contribution >= 4 is 34.9 Å². The highest BCUT2D eigenvalue weighted by Gasteiger charge is 2.27. The number of aromatic amines is 1. The zero-order valence-electron chi connectivity index (χ0n) is 15.8. The molecule has 1 fully saturated rings. The molecule has 0 bridgehead atoms. The van der Waals surface area contributed by atoms with E-state index in [1.165, 1.54) is 11.3 Å². The van der Waals surface area contributed by atoms with E-state index in [4.69, 9.17) is 16.3 Å². The van der Waals surface area contributed by atoms with Crippen LogP contribution in [-0.2, 0) is 4.74 Å². The van der Waals surface area contributed by atoms with Crippen LogP contribution in [0.2, 0.25) is 4.34 Å². The van der Waals surface area contributed by atoms with E-state index in [9.17, 15) is 9.59 Å². The van der Waals surface area contributed by atoms with E-state index < -0.39 is 5.60 Å². The fraction of sp³-hybridized carbons (Fsp3) is 0.474. The summed E-state index contributed by atoms with van der Waals surface area (Å²) in [6, 6.07) is 3.74. The highest BCUT2D eigenvalue weighted by Crippen LogP contribution is 2.33. The SMILES string of the molecule is CC(C)(C)OC(=O)N1CCCN(C(=O)c2c[nH]cc2-c2ccc(Cl)s2)CC1. The zero-order chi connectivity index (χ0) is 19.6. The number of halogens is 1. The highest BCUT2D eigenvalue weighted by atomic mass is 35.5. The lowest BCUT2D eigenvalue weighted by Crippen LogP contribution is -2.40. The van der Waals surface area contributed by atoms with Gasteiger partial charge >= 0.3 is 6.09 Å². The molecular weight excluding hydrogens is 386 g/mol. The van der Waals surface area contributed by atoms with Crippen molar-refractivity contribution in [2.45, 2.75) is 32.8 Å². The van der Waals surface area contributed by atoms with Crippen molar-refractivity contribution in [3.63, 3.8) is 0 Å². The summed E-state index contributed by atoms with van der Waals surface area (Å²) in [5.74, 6) is -0.0400. The van der Waals surface area contributed by atoms with Crippen molar-refractivity contribution in [2.24, 2.45) is 0 Å². The van der Waals surface area contributed by atoms with Crippen LogP contribution in [0.5, 0.6) is 0 Å². The molecule has 1 aliphatic heterocycles. The molecule has 27 heavy (non-hydrogen) atoms. The Bertz CT molecular complexity index is 824. The molecule has 0 aliphatic carbocycles. The first kappa shape index (κ1) is 19.8. The maximum Gasteiger partial charge on any atom is 0.410 e. The molecule has 6 nitrogen and oxygen atoms in total. The number of amides is 2. The Kier molecular flexibility index (Phi) is 5.81. The lowest BCUT2D eigenvalue weighted by molar-refractivity contribution is 0.0255. The first-order chi connectivity index (χ1) is 12.7. The highest BCUT2D eigenvalue weighted by molar-refractivity contribution is 7.19. The summed E-state index contributed by atoms with van der Waals surface area (Å²) in [7, 11) is 0. The number of hydrogen-bond donors (Lipinski definition) is 1. The number of H-pyrrole nitrogens is 1. The van der Waals surface area contributed by atoms with Gasteiger partial charge in [0.05, 0.1) is 9.90 Å². The molecule has 0 unspecified atom stereocenters. The summed E-state index contributed by atoms with van der Waals surface area (Å²) in [4.78, 5) is 32.8. The number of nitrogens with zero attached hydrogens (tertiary/aromatic N) is 2. The van der Waals surface area contributed by atoms with Crippen molar-refractivity contribution in [2.75, 3.05) is 26.2 Å². The maximum atomic E-state index is 13.1. The molecule has 2 aromatic heterocycles. The van der Waals surface area contributed by atoms with Crippen LogP contribution >= 0.6 is 22.9 Å². The van der Waals surface area contributed by atoms with Crippen molar-refractivity contribution in [1.29, 1.82) is 0 Å². The van der Waals surface area contributed by atoms with Crippen molar-refractivity contribution in [3.8, 4) is 10.4 Å². The molecule has 2 amide bonds. The predicted molar refractivity (Wildman–Crippen MR) is 107 cm³/mol. The van der Waals surface area contributed by atoms with Gasteiger partial charge in [-0.15, -0.1) is 11.3 Å². The third-order valence-corrected chi connectivity index (χ3v) is 5.51. The molecule has 1 N–H and O–H groups in total. The van der Waals surface area contributed by atoms with Crippen molar-refractivity contribution < 1.29 is 14.3 Å². The molecule has 1 saturated heterocycles. The smallest absolute Gasteiger partial charge is 0.410 e. The fourth-order valence-electron chi connectivity index (χ4n) is 3.00. The number of hydrogen-bond acceptors (Lipinski definition) is 4. The van der Waals surface area contributed by atoms with Crippen LogP contribution in [0.4, 0.5) is 4.79 Å². The van der Waals surface area contributed by atoms with Crippen LogP contribution in [0.3, 0.4) is 0 Å². The molecule has 146 valence electrons. The van der Waals surface area contributed by atoms with E-state index in [1.54, 1.807) is 16.0 Å². The van der Waals surface area contributed by atoms with Gasteiger partial charge in [-0.05, 0) is 39.3 Å². The van der Waals surface area contributed by atoms with Crippen LogP contribution in [-0.4, -0.2) is 58.6 Å². The summed E-state index contributed by atoms with van der Waals surface area (Å²) in [6.45, 7) is 7.68. The van der Waals surface area contributed by atoms with E-state index in [-0.39, 0.29) is 12.0 Å². The lowest BCUT2D eigenvalue weighted by Gasteiger charge is -2.26. The fourth-order valence-corrected chi connectivity index (χ4v) is 4.08. The standard InChI is InChI=1S/C19H24ClN3O3S/c1-19(2,3)26-18(25)23-8-4-7-22(9-10-23)17(24)14-12-21-11-13(14)15-5-6-16(20)27-15/h5-6,11-12,21H,4,7-10H2,1-3H3. The molecule has 0 atom stereocenters. The maximum absolute atomic E-state index is 13.1. The minimum absolute atomic E-state index is 0.0400. The second-order valence-electron chi connectivity index (χ2n) is 7.50. The number of ether oxygens (including phenoxy) is 1. The summed E-state index contributed by atoms with van der Waals surface area (Å²) in [5, 5.41) is 0. The number of thiophene rings is 1. The minimum atomic E-state index is -0.527. The monoisotopic (exact) mass is 409 g/mol. The molecule has 0 radical (unpaired) electrons. The Labute approximate surface area is 168 Å². The van der Waals surface area contributed by atoms with Gasteiger partial charge in [0, 0.05) is 49.0 Å². The number of nitrogens with one attached hydrogen (secondary N) is 1. The first-order valence-corrected chi connectivity index (χ1v) is 10.1. The summed E-state index contributed by atoms with van der Waals surface area (Å²) >= 11 is 7.48. The quantitative estimate of drug-likeness (QED) is 0.795. The van der Waals surface area contributed by atoms with Gasteiger partial charge in [-0.2, -0.15) is 0 Å². The average molecular weight is 410 g/mol. The summed E-state index contributed by atoms with van der Waals surface area (Å²) in [5.41, 5.74) is 0.949. The third-order valence-electron chi connectivity index (χ3n) is 4.25. The normalized spacial score (nSPS) is 15.6. The predicted octanol–water partition coefficient (Wildman–Crippen LogP) is 4.48. The summed E-state index contributed by atoms with van der Waals surface area (Å²) < 4.78 is 6.13. The van der Waals surface area contributed by atoms with E-state index >= 15 is 0 Å². The zero-order valence-corrected chi connectivity index (χ0v) is 17.3. The number of aromatic nitrogens is 1. The van der Waals surface area contributed by atoms with Crippen molar-refractivity contribution in [1.82, 2.24) is 14.8 Å². The Morgan fingerprint density at radius 1 is 1.11 bits per heavy atom. The van der Waals surface area contributed by atoms with Gasteiger partial charge in [0.2, 0.25) is 0 Å². The molecule has 0 aromatic carbocycles.